The van der Waals surface area contributed by atoms with Crippen LogP contribution in [-0.4, -0.2) is 7.11 Å². The lowest BCUT2D eigenvalue weighted by molar-refractivity contribution is 0.284. The molecule has 3 nitrogen and oxygen atoms in total. The number of benzene rings is 3. The van der Waals surface area contributed by atoms with Gasteiger partial charge in [-0.1, -0.05) is 55.6 Å². The molecule has 0 radical (unpaired) electrons. The first-order valence-electron chi connectivity index (χ1n) is 8.28. The summed E-state index contributed by atoms with van der Waals surface area (Å²) in [4.78, 5) is 0. The van der Waals surface area contributed by atoms with Gasteiger partial charge in [0.15, 0.2) is 11.5 Å². The summed E-state index contributed by atoms with van der Waals surface area (Å²) in [6, 6.07) is 19.6. The van der Waals surface area contributed by atoms with Gasteiger partial charge in [-0.05, 0) is 59.7 Å². The zero-order valence-corrected chi connectivity index (χ0v) is 18.6. The molecule has 0 bridgehead atoms. The third kappa shape index (κ3) is 5.64. The second-order valence-corrected chi connectivity index (χ2v) is 8.08. The van der Waals surface area contributed by atoms with Crippen LogP contribution in [0, 0.1) is 0 Å². The summed E-state index contributed by atoms with van der Waals surface area (Å²) in [5, 5.41) is 4.10. The van der Waals surface area contributed by atoms with Crippen LogP contribution in [0.3, 0.4) is 0 Å². The summed E-state index contributed by atoms with van der Waals surface area (Å²) < 4.78 is 13.5. The van der Waals surface area contributed by atoms with Crippen molar-refractivity contribution in [3.05, 3.63) is 85.8 Å². The Morgan fingerprint density at radius 1 is 0.963 bits per heavy atom. The van der Waals surface area contributed by atoms with Crippen molar-refractivity contribution in [3.8, 4) is 11.5 Å². The summed E-state index contributed by atoms with van der Waals surface area (Å²) in [6.45, 7) is 1.08. The van der Waals surface area contributed by atoms with Crippen LogP contribution in [-0.2, 0) is 13.2 Å². The molecule has 140 valence electrons. The summed E-state index contributed by atoms with van der Waals surface area (Å²) in [5.41, 5.74) is 3.12. The van der Waals surface area contributed by atoms with Crippen molar-refractivity contribution in [1.82, 2.24) is 0 Å². The Morgan fingerprint density at radius 2 is 1.74 bits per heavy atom. The minimum absolute atomic E-state index is 0.417. The summed E-state index contributed by atoms with van der Waals surface area (Å²) in [5.74, 6) is 1.37. The van der Waals surface area contributed by atoms with Crippen molar-refractivity contribution in [1.29, 1.82) is 0 Å². The van der Waals surface area contributed by atoms with Crippen LogP contribution in [0.2, 0.25) is 5.02 Å². The normalized spacial score (nSPS) is 10.5. The third-order valence-electron chi connectivity index (χ3n) is 3.94. The number of ether oxygens (including phenoxy) is 2. The van der Waals surface area contributed by atoms with Crippen LogP contribution < -0.4 is 14.8 Å². The van der Waals surface area contributed by atoms with Gasteiger partial charge in [0.2, 0.25) is 0 Å². The number of halogens is 3. The smallest absolute Gasteiger partial charge is 0.162 e. The van der Waals surface area contributed by atoms with Gasteiger partial charge in [-0.3, -0.25) is 0 Å². The van der Waals surface area contributed by atoms with Gasteiger partial charge in [-0.25, -0.2) is 0 Å². The van der Waals surface area contributed by atoms with Crippen molar-refractivity contribution in [2.24, 2.45) is 0 Å². The van der Waals surface area contributed by atoms with Crippen molar-refractivity contribution in [3.63, 3.8) is 0 Å². The Hall–Kier alpha value is -1.69. The second kappa shape index (κ2) is 9.49. The maximum Gasteiger partial charge on any atom is 0.162 e. The molecule has 0 saturated carbocycles. The van der Waals surface area contributed by atoms with Gasteiger partial charge in [0.05, 0.1) is 7.11 Å². The van der Waals surface area contributed by atoms with Crippen LogP contribution in [0.1, 0.15) is 11.1 Å². The van der Waals surface area contributed by atoms with E-state index >= 15 is 0 Å². The molecular weight excluding hydrogens is 493 g/mol. The number of nitrogens with one attached hydrogen (secondary N) is 1. The van der Waals surface area contributed by atoms with E-state index in [4.69, 9.17) is 21.1 Å². The molecule has 0 fully saturated rings. The maximum absolute atomic E-state index is 6.03. The molecule has 0 atom stereocenters. The average Bonchev–Trinajstić information content (AvgIpc) is 2.67. The van der Waals surface area contributed by atoms with Gasteiger partial charge in [0.25, 0.3) is 0 Å². The highest BCUT2D eigenvalue weighted by Crippen LogP contribution is 2.34. The Morgan fingerprint density at radius 3 is 2.44 bits per heavy atom. The number of hydrogen-bond donors (Lipinski definition) is 1. The van der Waals surface area contributed by atoms with Crippen LogP contribution in [0.25, 0.3) is 0 Å². The predicted octanol–water partition coefficient (Wildman–Crippen LogP) is 7.06. The fraction of sp³-hybridized carbons (Fsp3) is 0.143. The van der Waals surface area contributed by atoms with E-state index in [9.17, 15) is 0 Å². The van der Waals surface area contributed by atoms with E-state index in [1.54, 1.807) is 7.11 Å². The van der Waals surface area contributed by atoms with E-state index in [1.165, 1.54) is 0 Å². The fourth-order valence-electron chi connectivity index (χ4n) is 2.54. The van der Waals surface area contributed by atoms with E-state index < -0.39 is 0 Å². The lowest BCUT2D eigenvalue weighted by atomic mass is 10.2. The van der Waals surface area contributed by atoms with Crippen LogP contribution in [0.15, 0.2) is 69.6 Å². The monoisotopic (exact) mass is 509 g/mol. The first-order chi connectivity index (χ1) is 13.0. The number of rotatable bonds is 7. The molecule has 0 saturated heterocycles. The molecule has 0 aliphatic heterocycles. The summed E-state index contributed by atoms with van der Waals surface area (Å²) in [6.07, 6.45) is 0. The average molecular weight is 512 g/mol. The van der Waals surface area contributed by atoms with Crippen LogP contribution >= 0.6 is 43.5 Å². The van der Waals surface area contributed by atoms with E-state index in [0.29, 0.717) is 29.7 Å². The Labute approximate surface area is 180 Å². The number of hydrogen-bond acceptors (Lipinski definition) is 3. The minimum atomic E-state index is 0.417. The van der Waals surface area contributed by atoms with Gasteiger partial charge < -0.3 is 14.8 Å². The molecule has 0 unspecified atom stereocenters. The van der Waals surface area contributed by atoms with Crippen molar-refractivity contribution in [2.45, 2.75) is 13.2 Å². The van der Waals surface area contributed by atoms with Crippen LogP contribution in [0.5, 0.6) is 11.5 Å². The highest BCUT2D eigenvalue weighted by atomic mass is 79.9. The van der Waals surface area contributed by atoms with E-state index in [1.807, 2.05) is 60.7 Å². The third-order valence-corrected chi connectivity index (χ3v) is 5.45. The number of anilines is 1. The Balaban J connectivity index is 1.71. The standard InChI is InChI=1S/C21H18Br2ClNO2/c1-26-20-10-15(12-25-18-7-5-16(22)6-8-18)19(23)11-21(20)27-13-14-3-2-4-17(24)9-14/h2-11,25H,12-13H2,1H3. The Bertz CT molecular complexity index is 917. The van der Waals surface area contributed by atoms with Crippen LogP contribution in [0.4, 0.5) is 5.69 Å². The van der Waals surface area contributed by atoms with Gasteiger partial charge in [-0.15, -0.1) is 0 Å². The summed E-state index contributed by atoms with van der Waals surface area (Å²) in [7, 11) is 1.64. The molecule has 1 N–H and O–H groups in total. The first kappa shape index (κ1) is 20.1. The molecule has 3 aromatic rings. The van der Waals surface area contributed by atoms with E-state index in [-0.39, 0.29) is 0 Å². The molecular formula is C21H18Br2ClNO2. The van der Waals surface area contributed by atoms with Crippen molar-refractivity contribution < 1.29 is 9.47 Å². The topological polar surface area (TPSA) is 30.5 Å². The molecule has 3 rings (SSSR count). The van der Waals surface area contributed by atoms with Gasteiger partial charge in [-0.2, -0.15) is 0 Å². The zero-order valence-electron chi connectivity index (χ0n) is 14.6. The molecule has 0 aromatic heterocycles. The molecule has 0 spiro atoms. The molecule has 27 heavy (non-hydrogen) atoms. The molecule has 3 aromatic carbocycles. The van der Waals surface area contributed by atoms with Crippen molar-refractivity contribution >= 4 is 49.1 Å². The van der Waals surface area contributed by atoms with E-state index in [2.05, 4.69) is 37.2 Å². The minimum Gasteiger partial charge on any atom is -0.493 e. The lowest BCUT2D eigenvalue weighted by Gasteiger charge is -2.15. The molecule has 0 aliphatic carbocycles. The van der Waals surface area contributed by atoms with Gasteiger partial charge in [0, 0.05) is 26.2 Å². The van der Waals surface area contributed by atoms with Gasteiger partial charge >= 0.3 is 0 Å². The van der Waals surface area contributed by atoms with E-state index in [0.717, 1.165) is 25.8 Å². The fourth-order valence-corrected chi connectivity index (χ4v) is 3.48. The number of methoxy groups -OCH3 is 1. The molecule has 0 aliphatic rings. The Kier molecular flexibility index (Phi) is 7.05. The first-order valence-corrected chi connectivity index (χ1v) is 10.2. The summed E-state index contributed by atoms with van der Waals surface area (Å²) >= 11 is 13.1. The molecule has 6 heteroatoms. The van der Waals surface area contributed by atoms with Crippen molar-refractivity contribution in [2.75, 3.05) is 12.4 Å². The second-order valence-electron chi connectivity index (χ2n) is 5.87. The molecule has 0 heterocycles. The molecule has 0 amide bonds. The van der Waals surface area contributed by atoms with Gasteiger partial charge in [0.1, 0.15) is 6.61 Å². The SMILES string of the molecule is COc1cc(CNc2ccc(Br)cc2)c(Br)cc1OCc1cccc(Cl)c1. The predicted molar refractivity (Wildman–Crippen MR) is 118 cm³/mol. The lowest BCUT2D eigenvalue weighted by Crippen LogP contribution is -2.03. The highest BCUT2D eigenvalue weighted by Gasteiger charge is 2.11. The quantitative estimate of drug-likeness (QED) is 0.368. The highest BCUT2D eigenvalue weighted by molar-refractivity contribution is 9.10. The zero-order chi connectivity index (χ0) is 19.2. The maximum atomic E-state index is 6.03. The largest absolute Gasteiger partial charge is 0.493 e.